The van der Waals surface area contributed by atoms with Gasteiger partial charge >= 0.3 is 0 Å². The van der Waals surface area contributed by atoms with E-state index in [4.69, 9.17) is 0 Å². The van der Waals surface area contributed by atoms with Crippen LogP contribution in [-0.2, 0) is 16.1 Å². The van der Waals surface area contributed by atoms with E-state index in [1.165, 1.54) is 17.9 Å². The molecule has 0 radical (unpaired) electrons. The summed E-state index contributed by atoms with van der Waals surface area (Å²) in [6.45, 7) is 5.89. The van der Waals surface area contributed by atoms with Crippen molar-refractivity contribution in [1.82, 2.24) is 10.2 Å². The van der Waals surface area contributed by atoms with Crippen LogP contribution >= 0.6 is 0 Å². The molecule has 108 valence electrons. The zero-order chi connectivity index (χ0) is 15.0. The fraction of sp³-hybridized carbons (Fsp3) is 0.333. The molecule has 0 saturated heterocycles. The van der Waals surface area contributed by atoms with Crippen molar-refractivity contribution in [3.63, 3.8) is 0 Å². The van der Waals surface area contributed by atoms with Crippen molar-refractivity contribution < 1.29 is 14.0 Å². The molecule has 5 heteroatoms. The lowest BCUT2D eigenvalue weighted by atomic mass is 10.2. The van der Waals surface area contributed by atoms with Gasteiger partial charge in [0.05, 0.1) is 0 Å². The lowest BCUT2D eigenvalue weighted by molar-refractivity contribution is -0.129. The van der Waals surface area contributed by atoms with Crippen LogP contribution in [0.25, 0.3) is 0 Å². The minimum Gasteiger partial charge on any atom is -0.352 e. The first kappa shape index (κ1) is 15.9. The lowest BCUT2D eigenvalue weighted by Crippen LogP contribution is -2.33. The van der Waals surface area contributed by atoms with Gasteiger partial charge < -0.3 is 10.2 Å². The van der Waals surface area contributed by atoms with Crippen molar-refractivity contribution in [2.45, 2.75) is 19.9 Å². The van der Waals surface area contributed by atoms with Crippen LogP contribution in [0.3, 0.4) is 0 Å². The summed E-state index contributed by atoms with van der Waals surface area (Å²) >= 11 is 0. The molecule has 4 nitrogen and oxygen atoms in total. The molecule has 1 aromatic rings. The molecule has 2 amide bonds. The molecule has 0 aliphatic heterocycles. The molecule has 0 aliphatic carbocycles. The monoisotopic (exact) mass is 278 g/mol. The molecule has 0 aliphatic rings. The summed E-state index contributed by atoms with van der Waals surface area (Å²) in [5.74, 6) is -0.666. The molecular weight excluding hydrogens is 259 g/mol. The van der Waals surface area contributed by atoms with E-state index < -0.39 is 0 Å². The average Bonchev–Trinajstić information content (AvgIpc) is 2.42. The molecule has 0 saturated carbocycles. The van der Waals surface area contributed by atoms with E-state index in [1.54, 1.807) is 24.3 Å². The largest absolute Gasteiger partial charge is 0.352 e. The summed E-state index contributed by atoms with van der Waals surface area (Å²) in [7, 11) is 0. The molecule has 0 bridgehead atoms. The standard InChI is InChI=1S/C15H19FN2O2/c1-3-9-18(12(2)19)10-8-15(20)17-11-13-6-4-5-7-14(13)16/h3-7H,1,8-11H2,2H3,(H,17,20). The van der Waals surface area contributed by atoms with Gasteiger partial charge in [-0.2, -0.15) is 0 Å². The summed E-state index contributed by atoms with van der Waals surface area (Å²) in [5.41, 5.74) is 0.440. The second kappa shape index (κ2) is 8.09. The Morgan fingerprint density at radius 2 is 2.10 bits per heavy atom. The molecule has 0 fully saturated rings. The molecular formula is C15H19FN2O2. The van der Waals surface area contributed by atoms with Gasteiger partial charge in [-0.15, -0.1) is 6.58 Å². The van der Waals surface area contributed by atoms with Crippen LogP contribution in [0.2, 0.25) is 0 Å². The second-order valence-corrected chi connectivity index (χ2v) is 4.37. The summed E-state index contributed by atoms with van der Waals surface area (Å²) in [6.07, 6.45) is 1.79. The van der Waals surface area contributed by atoms with E-state index in [0.717, 1.165) is 0 Å². The van der Waals surface area contributed by atoms with Crippen molar-refractivity contribution in [3.05, 3.63) is 48.3 Å². The van der Waals surface area contributed by atoms with Crippen LogP contribution in [0.4, 0.5) is 4.39 Å². The number of amides is 2. The lowest BCUT2D eigenvalue weighted by Gasteiger charge is -2.18. The maximum Gasteiger partial charge on any atom is 0.222 e. The van der Waals surface area contributed by atoms with E-state index in [1.807, 2.05) is 0 Å². The highest BCUT2D eigenvalue weighted by Gasteiger charge is 2.10. The fourth-order valence-corrected chi connectivity index (χ4v) is 1.69. The Morgan fingerprint density at radius 3 is 2.70 bits per heavy atom. The molecule has 0 heterocycles. The van der Waals surface area contributed by atoms with Crippen LogP contribution in [0.15, 0.2) is 36.9 Å². The molecule has 0 atom stereocenters. The highest BCUT2D eigenvalue weighted by Crippen LogP contribution is 2.05. The van der Waals surface area contributed by atoms with Gasteiger partial charge in [0.1, 0.15) is 5.82 Å². The van der Waals surface area contributed by atoms with E-state index in [2.05, 4.69) is 11.9 Å². The number of hydrogen-bond donors (Lipinski definition) is 1. The summed E-state index contributed by atoms with van der Waals surface area (Å²) in [5, 5.41) is 2.63. The smallest absolute Gasteiger partial charge is 0.222 e. The minimum absolute atomic E-state index is 0.105. The van der Waals surface area contributed by atoms with E-state index in [-0.39, 0.29) is 30.6 Å². The zero-order valence-electron chi connectivity index (χ0n) is 11.6. The number of carbonyl (C=O) groups is 2. The number of carbonyl (C=O) groups excluding carboxylic acids is 2. The van der Waals surface area contributed by atoms with Gasteiger partial charge in [0, 0.05) is 38.5 Å². The molecule has 1 aromatic carbocycles. The predicted octanol–water partition coefficient (Wildman–Crippen LogP) is 1.87. The molecule has 20 heavy (non-hydrogen) atoms. The second-order valence-electron chi connectivity index (χ2n) is 4.37. The Bertz CT molecular complexity index is 489. The van der Waals surface area contributed by atoms with Gasteiger partial charge in [-0.3, -0.25) is 9.59 Å². The van der Waals surface area contributed by atoms with E-state index in [0.29, 0.717) is 18.7 Å². The van der Waals surface area contributed by atoms with Crippen molar-refractivity contribution >= 4 is 11.8 Å². The number of benzene rings is 1. The maximum absolute atomic E-state index is 13.3. The summed E-state index contributed by atoms with van der Waals surface area (Å²) in [4.78, 5) is 24.5. The highest BCUT2D eigenvalue weighted by atomic mass is 19.1. The topological polar surface area (TPSA) is 49.4 Å². The number of halogens is 1. The van der Waals surface area contributed by atoms with Crippen LogP contribution in [0.5, 0.6) is 0 Å². The fourth-order valence-electron chi connectivity index (χ4n) is 1.69. The third-order valence-electron chi connectivity index (χ3n) is 2.84. The third-order valence-corrected chi connectivity index (χ3v) is 2.84. The number of nitrogens with zero attached hydrogens (tertiary/aromatic N) is 1. The van der Waals surface area contributed by atoms with Crippen molar-refractivity contribution in [1.29, 1.82) is 0 Å². The quantitative estimate of drug-likeness (QED) is 0.774. The van der Waals surface area contributed by atoms with E-state index in [9.17, 15) is 14.0 Å². The molecule has 0 unspecified atom stereocenters. The van der Waals surface area contributed by atoms with E-state index >= 15 is 0 Å². The summed E-state index contributed by atoms with van der Waals surface area (Å²) in [6, 6.07) is 6.28. The Kier molecular flexibility index (Phi) is 6.43. The van der Waals surface area contributed by atoms with Gasteiger partial charge in [0.2, 0.25) is 11.8 Å². The Morgan fingerprint density at radius 1 is 1.40 bits per heavy atom. The zero-order valence-corrected chi connectivity index (χ0v) is 11.6. The van der Waals surface area contributed by atoms with Crippen molar-refractivity contribution in [2.75, 3.05) is 13.1 Å². The highest BCUT2D eigenvalue weighted by molar-refractivity contribution is 5.78. The first-order valence-corrected chi connectivity index (χ1v) is 6.41. The predicted molar refractivity (Wildman–Crippen MR) is 75.3 cm³/mol. The number of rotatable bonds is 7. The Labute approximate surface area is 118 Å². The third kappa shape index (κ3) is 5.22. The average molecular weight is 278 g/mol. The van der Waals surface area contributed by atoms with Crippen molar-refractivity contribution in [3.8, 4) is 0 Å². The molecule has 0 spiro atoms. The first-order chi connectivity index (χ1) is 9.54. The van der Waals surface area contributed by atoms with Crippen LogP contribution in [0.1, 0.15) is 18.9 Å². The van der Waals surface area contributed by atoms with Crippen LogP contribution in [-0.4, -0.2) is 29.8 Å². The maximum atomic E-state index is 13.3. The van der Waals surface area contributed by atoms with Gasteiger partial charge in [-0.05, 0) is 6.07 Å². The number of nitrogens with one attached hydrogen (secondary N) is 1. The Balaban J connectivity index is 2.38. The summed E-state index contributed by atoms with van der Waals surface area (Å²) < 4.78 is 13.3. The van der Waals surface area contributed by atoms with Gasteiger partial charge in [0.15, 0.2) is 0 Å². The van der Waals surface area contributed by atoms with Gasteiger partial charge in [-0.25, -0.2) is 4.39 Å². The van der Waals surface area contributed by atoms with Gasteiger partial charge in [-0.1, -0.05) is 24.3 Å². The normalized spacial score (nSPS) is 9.90. The van der Waals surface area contributed by atoms with Crippen molar-refractivity contribution in [2.24, 2.45) is 0 Å². The molecule has 0 aromatic heterocycles. The first-order valence-electron chi connectivity index (χ1n) is 6.41. The Hall–Kier alpha value is -2.17. The minimum atomic E-state index is -0.343. The number of hydrogen-bond acceptors (Lipinski definition) is 2. The van der Waals surface area contributed by atoms with Crippen LogP contribution in [0, 0.1) is 5.82 Å². The van der Waals surface area contributed by atoms with Gasteiger partial charge in [0.25, 0.3) is 0 Å². The molecule has 1 rings (SSSR count). The SMILES string of the molecule is C=CCN(CCC(=O)NCc1ccccc1F)C(C)=O. The molecule has 1 N–H and O–H groups in total. The van der Waals surface area contributed by atoms with Crippen LogP contribution < -0.4 is 5.32 Å².